The van der Waals surface area contributed by atoms with Crippen molar-refractivity contribution >= 4 is 28.7 Å². The summed E-state index contributed by atoms with van der Waals surface area (Å²) in [7, 11) is 0. The average molecular weight is 397 g/mol. The number of nitrogens with zero attached hydrogens (tertiary/aromatic N) is 2. The molecule has 0 saturated carbocycles. The molecule has 0 N–H and O–H groups in total. The first-order valence-electron chi connectivity index (χ1n) is 10.1. The average Bonchev–Trinajstić information content (AvgIpc) is 3.32. The Hall–Kier alpha value is -2.40. The van der Waals surface area contributed by atoms with Crippen molar-refractivity contribution in [2.75, 3.05) is 13.1 Å². The third-order valence-electron chi connectivity index (χ3n) is 5.06. The van der Waals surface area contributed by atoms with Gasteiger partial charge in [0.05, 0.1) is 5.57 Å². The van der Waals surface area contributed by atoms with Crippen molar-refractivity contribution in [2.24, 2.45) is 0 Å². The van der Waals surface area contributed by atoms with Crippen molar-refractivity contribution in [3.8, 4) is 0 Å². The summed E-state index contributed by atoms with van der Waals surface area (Å²) in [6.45, 7) is 5.97. The lowest BCUT2D eigenvalue weighted by Gasteiger charge is -2.24. The first-order valence-corrected chi connectivity index (χ1v) is 11.0. The lowest BCUT2D eigenvalue weighted by atomic mass is 10.1. The third kappa shape index (κ3) is 4.36. The van der Waals surface area contributed by atoms with Gasteiger partial charge in [-0.25, -0.2) is 0 Å². The summed E-state index contributed by atoms with van der Waals surface area (Å²) >= 11 is 1.51. The van der Waals surface area contributed by atoms with Crippen LogP contribution < -0.4 is 0 Å². The summed E-state index contributed by atoms with van der Waals surface area (Å²) in [5.41, 5.74) is 2.24. The maximum Gasteiger partial charge on any atom is 0.277 e. The van der Waals surface area contributed by atoms with E-state index < -0.39 is 0 Å². The number of imide groups is 1. The van der Waals surface area contributed by atoms with Crippen LogP contribution in [0.5, 0.6) is 0 Å². The van der Waals surface area contributed by atoms with Crippen molar-refractivity contribution in [3.63, 3.8) is 0 Å². The van der Waals surface area contributed by atoms with Crippen LogP contribution in [0.15, 0.2) is 53.5 Å². The zero-order valence-corrected chi connectivity index (χ0v) is 17.5. The van der Waals surface area contributed by atoms with Crippen LogP contribution in [0, 0.1) is 0 Å². The molecular formula is C23H28N2O2S. The standard InChI is InChI=1S/C23H28N2O2S/c1-3-5-6-10-15-25-22(26)20(19-14-11-16-28-19)21(23(25)27)24(4-2)17-18-12-8-7-9-13-18/h7-9,11-14,16H,3-6,10,15,17H2,1-2H3. The Bertz CT molecular complexity index is 828. The van der Waals surface area contributed by atoms with E-state index in [9.17, 15) is 9.59 Å². The molecule has 1 aromatic carbocycles. The quantitative estimate of drug-likeness (QED) is 0.422. The normalized spacial score (nSPS) is 14.3. The molecule has 28 heavy (non-hydrogen) atoms. The zero-order valence-electron chi connectivity index (χ0n) is 16.7. The smallest absolute Gasteiger partial charge is 0.277 e. The molecular weight excluding hydrogens is 368 g/mol. The summed E-state index contributed by atoms with van der Waals surface area (Å²) in [4.78, 5) is 30.8. The highest BCUT2D eigenvalue weighted by molar-refractivity contribution is 7.11. The van der Waals surface area contributed by atoms with Crippen LogP contribution in [0.1, 0.15) is 50.0 Å². The molecule has 0 bridgehead atoms. The molecule has 0 radical (unpaired) electrons. The molecule has 1 aromatic heterocycles. The van der Waals surface area contributed by atoms with Gasteiger partial charge in [-0.15, -0.1) is 11.3 Å². The Labute approximate surface area is 171 Å². The first kappa shape index (κ1) is 20.3. The summed E-state index contributed by atoms with van der Waals surface area (Å²) in [5.74, 6) is -0.298. The molecule has 2 heterocycles. The van der Waals surface area contributed by atoms with E-state index in [-0.39, 0.29) is 11.8 Å². The van der Waals surface area contributed by atoms with Crippen LogP contribution in [0.2, 0.25) is 0 Å². The second-order valence-electron chi connectivity index (χ2n) is 7.02. The maximum atomic E-state index is 13.3. The fourth-order valence-electron chi connectivity index (χ4n) is 3.55. The van der Waals surface area contributed by atoms with Gasteiger partial charge in [-0.1, -0.05) is 62.6 Å². The molecule has 1 aliphatic heterocycles. The van der Waals surface area contributed by atoms with Crippen LogP contribution in [0.25, 0.3) is 5.57 Å². The fourth-order valence-corrected chi connectivity index (χ4v) is 4.31. The molecule has 0 saturated heterocycles. The summed E-state index contributed by atoms with van der Waals surface area (Å²) in [6, 6.07) is 14.0. The number of amides is 2. The number of rotatable bonds is 10. The minimum absolute atomic E-state index is 0.148. The van der Waals surface area contributed by atoms with E-state index in [1.807, 2.05) is 47.5 Å². The summed E-state index contributed by atoms with van der Waals surface area (Å²) in [6.07, 6.45) is 4.16. The number of likely N-dealkylation sites (N-methyl/N-ethyl adjacent to an activating group) is 1. The minimum atomic E-state index is -0.150. The van der Waals surface area contributed by atoms with E-state index in [0.29, 0.717) is 30.9 Å². The van der Waals surface area contributed by atoms with Crippen LogP contribution in [-0.2, 0) is 16.1 Å². The van der Waals surface area contributed by atoms with Crippen molar-refractivity contribution in [2.45, 2.75) is 46.1 Å². The van der Waals surface area contributed by atoms with E-state index in [4.69, 9.17) is 0 Å². The molecule has 2 aromatic rings. The molecule has 0 spiro atoms. The number of benzene rings is 1. The largest absolute Gasteiger partial charge is 0.362 e. The van der Waals surface area contributed by atoms with Gasteiger partial charge in [0.25, 0.3) is 11.8 Å². The molecule has 0 aliphatic carbocycles. The van der Waals surface area contributed by atoms with Crippen molar-refractivity contribution in [3.05, 3.63) is 64.0 Å². The highest BCUT2D eigenvalue weighted by Gasteiger charge is 2.41. The second kappa shape index (κ2) is 9.69. The molecule has 0 unspecified atom stereocenters. The van der Waals surface area contributed by atoms with Gasteiger partial charge in [0, 0.05) is 24.5 Å². The van der Waals surface area contributed by atoms with Gasteiger partial charge in [-0.3, -0.25) is 14.5 Å². The van der Waals surface area contributed by atoms with Crippen LogP contribution in [0.3, 0.4) is 0 Å². The van der Waals surface area contributed by atoms with Gasteiger partial charge in [-0.05, 0) is 30.4 Å². The third-order valence-corrected chi connectivity index (χ3v) is 5.95. The number of hydrogen-bond acceptors (Lipinski definition) is 4. The Morgan fingerprint density at radius 3 is 2.36 bits per heavy atom. The van der Waals surface area contributed by atoms with Crippen molar-refractivity contribution in [1.29, 1.82) is 0 Å². The first-order chi connectivity index (χ1) is 13.7. The molecule has 148 valence electrons. The predicted octanol–water partition coefficient (Wildman–Crippen LogP) is 4.93. The second-order valence-corrected chi connectivity index (χ2v) is 7.97. The van der Waals surface area contributed by atoms with E-state index >= 15 is 0 Å². The van der Waals surface area contributed by atoms with E-state index in [1.54, 1.807) is 0 Å². The van der Waals surface area contributed by atoms with Gasteiger partial charge in [0.2, 0.25) is 0 Å². The molecule has 4 nitrogen and oxygen atoms in total. The fraction of sp³-hybridized carbons (Fsp3) is 0.391. The SMILES string of the molecule is CCCCCCN1C(=O)C(c2cccs2)=C(N(CC)Cc2ccccc2)C1=O. The molecule has 3 rings (SSSR count). The highest BCUT2D eigenvalue weighted by Crippen LogP contribution is 2.34. The number of carbonyl (C=O) groups is 2. The van der Waals surface area contributed by atoms with Crippen molar-refractivity contribution in [1.82, 2.24) is 9.80 Å². The van der Waals surface area contributed by atoms with Gasteiger partial charge in [-0.2, -0.15) is 0 Å². The Morgan fingerprint density at radius 1 is 0.929 bits per heavy atom. The van der Waals surface area contributed by atoms with Gasteiger partial charge >= 0.3 is 0 Å². The van der Waals surface area contributed by atoms with Crippen LogP contribution in [-0.4, -0.2) is 34.7 Å². The molecule has 0 fully saturated rings. The number of unbranched alkanes of at least 4 members (excludes halogenated alkanes) is 3. The molecule has 2 amide bonds. The summed E-state index contributed by atoms with van der Waals surface area (Å²) in [5, 5.41) is 1.95. The van der Waals surface area contributed by atoms with Gasteiger partial charge in [0.1, 0.15) is 5.70 Å². The molecule has 0 atom stereocenters. The Kier molecular flexibility index (Phi) is 7.04. The van der Waals surface area contributed by atoms with Gasteiger partial charge in [0.15, 0.2) is 0 Å². The minimum Gasteiger partial charge on any atom is -0.362 e. The van der Waals surface area contributed by atoms with E-state index in [0.717, 1.165) is 36.1 Å². The van der Waals surface area contributed by atoms with Gasteiger partial charge < -0.3 is 4.90 Å². The number of hydrogen-bond donors (Lipinski definition) is 0. The van der Waals surface area contributed by atoms with E-state index in [2.05, 4.69) is 19.1 Å². The van der Waals surface area contributed by atoms with Crippen LogP contribution in [0.4, 0.5) is 0 Å². The van der Waals surface area contributed by atoms with Crippen molar-refractivity contribution < 1.29 is 9.59 Å². The lowest BCUT2D eigenvalue weighted by molar-refractivity contribution is -0.137. The lowest BCUT2D eigenvalue weighted by Crippen LogP contribution is -2.35. The zero-order chi connectivity index (χ0) is 19.9. The van der Waals surface area contributed by atoms with Crippen LogP contribution >= 0.6 is 11.3 Å². The Balaban J connectivity index is 1.90. The Morgan fingerprint density at radius 2 is 1.71 bits per heavy atom. The number of carbonyl (C=O) groups excluding carboxylic acids is 2. The summed E-state index contributed by atoms with van der Waals surface area (Å²) < 4.78 is 0. The monoisotopic (exact) mass is 396 g/mol. The molecule has 5 heteroatoms. The number of thiophene rings is 1. The maximum absolute atomic E-state index is 13.3. The predicted molar refractivity (Wildman–Crippen MR) is 115 cm³/mol. The molecule has 1 aliphatic rings. The highest BCUT2D eigenvalue weighted by atomic mass is 32.1. The van der Waals surface area contributed by atoms with E-state index in [1.165, 1.54) is 16.2 Å². The topological polar surface area (TPSA) is 40.6 Å².